The summed E-state index contributed by atoms with van der Waals surface area (Å²) in [5, 5.41) is 3.53. The third-order valence-electron chi connectivity index (χ3n) is 4.68. The Morgan fingerprint density at radius 3 is 2.20 bits per heavy atom. The Hall–Kier alpha value is -2.53. The largest absolute Gasteiger partial charge is 0.484 e. The van der Waals surface area contributed by atoms with E-state index >= 15 is 0 Å². The Bertz CT molecular complexity index is 845. The molecule has 0 unspecified atom stereocenters. The van der Waals surface area contributed by atoms with Crippen LogP contribution in [-0.4, -0.2) is 35.9 Å². The molecule has 1 atom stereocenters. The zero-order valence-corrected chi connectivity index (χ0v) is 19.1. The van der Waals surface area contributed by atoms with Gasteiger partial charge in [0.25, 0.3) is 5.91 Å². The van der Waals surface area contributed by atoms with Crippen LogP contribution < -0.4 is 10.1 Å². The lowest BCUT2D eigenvalue weighted by atomic mass is 10.1. The van der Waals surface area contributed by atoms with E-state index in [1.54, 1.807) is 24.0 Å². The maximum Gasteiger partial charge on any atom is 0.261 e. The van der Waals surface area contributed by atoms with E-state index in [0.717, 1.165) is 16.7 Å². The normalized spacial score (nSPS) is 11.8. The number of carbonyl (C=O) groups excluding carboxylic acids is 2. The van der Waals surface area contributed by atoms with Crippen LogP contribution in [0.2, 0.25) is 5.02 Å². The van der Waals surface area contributed by atoms with Crippen molar-refractivity contribution in [3.05, 3.63) is 64.2 Å². The first-order valence-corrected chi connectivity index (χ1v) is 10.6. The van der Waals surface area contributed by atoms with E-state index in [1.165, 1.54) is 0 Å². The molecule has 6 heteroatoms. The fourth-order valence-corrected chi connectivity index (χ4v) is 3.19. The summed E-state index contributed by atoms with van der Waals surface area (Å²) < 4.78 is 5.75. The molecule has 0 heterocycles. The van der Waals surface area contributed by atoms with E-state index in [-0.39, 0.29) is 18.4 Å². The summed E-state index contributed by atoms with van der Waals surface area (Å²) in [6.45, 7) is 10.5. The predicted octanol–water partition coefficient (Wildman–Crippen LogP) is 4.53. The van der Waals surface area contributed by atoms with Crippen LogP contribution in [0, 0.1) is 19.8 Å². The maximum absolute atomic E-state index is 13.0. The van der Waals surface area contributed by atoms with Crippen molar-refractivity contribution in [3.8, 4) is 5.75 Å². The molecule has 0 saturated heterocycles. The number of hydrogen-bond acceptors (Lipinski definition) is 3. The van der Waals surface area contributed by atoms with Crippen molar-refractivity contribution in [2.45, 2.75) is 47.2 Å². The average molecular weight is 431 g/mol. The van der Waals surface area contributed by atoms with E-state index < -0.39 is 6.04 Å². The number of benzene rings is 2. The van der Waals surface area contributed by atoms with Gasteiger partial charge in [0.15, 0.2) is 6.61 Å². The summed E-state index contributed by atoms with van der Waals surface area (Å²) in [5.74, 6) is 0.535. The zero-order valence-electron chi connectivity index (χ0n) is 18.4. The molecular weight excluding hydrogens is 400 g/mol. The van der Waals surface area contributed by atoms with Gasteiger partial charge in [-0.3, -0.25) is 9.59 Å². The Morgan fingerprint density at radius 1 is 1.03 bits per heavy atom. The fraction of sp³-hybridized carbons (Fsp3) is 0.417. The van der Waals surface area contributed by atoms with Crippen LogP contribution in [-0.2, 0) is 16.1 Å². The molecule has 5 nitrogen and oxygen atoms in total. The minimum absolute atomic E-state index is 0.141. The molecule has 2 aromatic carbocycles. The van der Waals surface area contributed by atoms with Crippen molar-refractivity contribution >= 4 is 23.4 Å². The van der Waals surface area contributed by atoms with Crippen molar-refractivity contribution < 1.29 is 14.3 Å². The molecule has 1 N–H and O–H groups in total. The molecule has 162 valence electrons. The molecule has 0 aliphatic heterocycles. The number of aryl methyl sites for hydroxylation is 2. The highest BCUT2D eigenvalue weighted by molar-refractivity contribution is 6.30. The van der Waals surface area contributed by atoms with Crippen molar-refractivity contribution in [3.63, 3.8) is 0 Å². The monoisotopic (exact) mass is 430 g/mol. The van der Waals surface area contributed by atoms with Crippen LogP contribution in [0.3, 0.4) is 0 Å². The van der Waals surface area contributed by atoms with E-state index in [0.29, 0.717) is 29.8 Å². The Balaban J connectivity index is 2.14. The summed E-state index contributed by atoms with van der Waals surface area (Å²) in [5.41, 5.74) is 3.02. The maximum atomic E-state index is 13.0. The topological polar surface area (TPSA) is 58.6 Å². The van der Waals surface area contributed by atoms with Gasteiger partial charge < -0.3 is 15.0 Å². The molecule has 0 aliphatic carbocycles. The number of nitrogens with zero attached hydrogens (tertiary/aromatic N) is 1. The third kappa shape index (κ3) is 7.38. The van der Waals surface area contributed by atoms with Gasteiger partial charge in [0.1, 0.15) is 11.8 Å². The van der Waals surface area contributed by atoms with Crippen molar-refractivity contribution in [2.75, 3.05) is 13.2 Å². The van der Waals surface area contributed by atoms with Gasteiger partial charge in [-0.25, -0.2) is 0 Å². The highest BCUT2D eigenvalue weighted by atomic mass is 35.5. The zero-order chi connectivity index (χ0) is 22.3. The molecule has 0 bridgehead atoms. The van der Waals surface area contributed by atoms with Crippen LogP contribution in [0.15, 0.2) is 42.5 Å². The standard InChI is InChI=1S/C24H31ClN2O3/c1-16(2)13-26-24(29)19(5)27(14-20-6-8-21(25)9-7-20)23(28)15-30-22-11-17(3)10-18(4)12-22/h6-12,16,19H,13-15H2,1-5H3,(H,26,29)/t19-/m1/s1. The van der Waals surface area contributed by atoms with Gasteiger partial charge in [-0.1, -0.05) is 43.6 Å². The first-order chi connectivity index (χ1) is 14.2. The third-order valence-corrected chi connectivity index (χ3v) is 4.93. The van der Waals surface area contributed by atoms with E-state index in [1.807, 2.05) is 58.0 Å². The summed E-state index contributed by atoms with van der Waals surface area (Å²) in [6, 6.07) is 12.4. The molecule has 0 aliphatic rings. The number of carbonyl (C=O) groups is 2. The molecule has 0 fully saturated rings. The summed E-state index contributed by atoms with van der Waals surface area (Å²) in [6.07, 6.45) is 0. The summed E-state index contributed by atoms with van der Waals surface area (Å²) in [4.78, 5) is 27.2. The van der Waals surface area contributed by atoms with E-state index in [9.17, 15) is 9.59 Å². The van der Waals surface area contributed by atoms with Gasteiger partial charge in [0.2, 0.25) is 5.91 Å². The highest BCUT2D eigenvalue weighted by Crippen LogP contribution is 2.18. The first kappa shape index (κ1) is 23.7. The van der Waals surface area contributed by atoms with Crippen LogP contribution in [0.25, 0.3) is 0 Å². The van der Waals surface area contributed by atoms with Gasteiger partial charge in [0, 0.05) is 18.1 Å². The fourth-order valence-electron chi connectivity index (χ4n) is 3.07. The van der Waals surface area contributed by atoms with E-state index in [4.69, 9.17) is 16.3 Å². The first-order valence-electron chi connectivity index (χ1n) is 10.2. The van der Waals surface area contributed by atoms with Crippen molar-refractivity contribution in [2.24, 2.45) is 5.92 Å². The lowest BCUT2D eigenvalue weighted by molar-refractivity contribution is -0.142. The Labute approximate surface area is 184 Å². The number of hydrogen-bond donors (Lipinski definition) is 1. The Kier molecular flexibility index (Phi) is 8.72. The van der Waals surface area contributed by atoms with Crippen LogP contribution >= 0.6 is 11.6 Å². The molecule has 2 rings (SSSR count). The van der Waals surface area contributed by atoms with Crippen LogP contribution in [0.1, 0.15) is 37.5 Å². The second kappa shape index (κ2) is 11.0. The average Bonchev–Trinajstić information content (AvgIpc) is 2.68. The smallest absolute Gasteiger partial charge is 0.261 e. The lowest BCUT2D eigenvalue weighted by Gasteiger charge is -2.29. The van der Waals surface area contributed by atoms with Crippen molar-refractivity contribution in [1.82, 2.24) is 10.2 Å². The highest BCUT2D eigenvalue weighted by Gasteiger charge is 2.26. The number of rotatable bonds is 9. The minimum Gasteiger partial charge on any atom is -0.484 e. The molecule has 0 spiro atoms. The van der Waals surface area contributed by atoms with Gasteiger partial charge in [-0.05, 0) is 67.6 Å². The van der Waals surface area contributed by atoms with Crippen LogP contribution in [0.5, 0.6) is 5.75 Å². The van der Waals surface area contributed by atoms with Gasteiger partial charge in [-0.15, -0.1) is 0 Å². The van der Waals surface area contributed by atoms with Crippen LogP contribution in [0.4, 0.5) is 0 Å². The molecule has 2 amide bonds. The molecule has 0 aromatic heterocycles. The predicted molar refractivity (Wildman–Crippen MR) is 121 cm³/mol. The summed E-state index contributed by atoms with van der Waals surface area (Å²) in [7, 11) is 0. The number of ether oxygens (including phenoxy) is 1. The lowest BCUT2D eigenvalue weighted by Crippen LogP contribution is -2.49. The second-order valence-electron chi connectivity index (χ2n) is 8.08. The molecule has 0 radical (unpaired) electrons. The number of halogens is 1. The molecule has 0 saturated carbocycles. The number of amides is 2. The minimum atomic E-state index is -0.630. The second-order valence-corrected chi connectivity index (χ2v) is 8.51. The van der Waals surface area contributed by atoms with Gasteiger partial charge >= 0.3 is 0 Å². The quantitative estimate of drug-likeness (QED) is 0.636. The van der Waals surface area contributed by atoms with E-state index in [2.05, 4.69) is 5.32 Å². The SMILES string of the molecule is Cc1cc(C)cc(OCC(=O)N(Cc2ccc(Cl)cc2)[C@H](C)C(=O)NCC(C)C)c1. The van der Waals surface area contributed by atoms with Crippen molar-refractivity contribution in [1.29, 1.82) is 0 Å². The van der Waals surface area contributed by atoms with Gasteiger partial charge in [-0.2, -0.15) is 0 Å². The summed E-state index contributed by atoms with van der Waals surface area (Å²) >= 11 is 5.97. The number of nitrogens with one attached hydrogen (secondary N) is 1. The Morgan fingerprint density at radius 2 is 1.63 bits per heavy atom. The van der Waals surface area contributed by atoms with Gasteiger partial charge in [0.05, 0.1) is 0 Å². The molecular formula is C24H31ClN2O3. The molecule has 30 heavy (non-hydrogen) atoms. The molecule has 2 aromatic rings.